The number of aliphatic hydroxyl groups excluding tert-OH is 1. The number of aromatic nitrogens is 1. The Hall–Kier alpha value is -1.45. The predicted octanol–water partition coefficient (Wildman–Crippen LogP) is 2.55. The molecule has 100 valence electrons. The van der Waals surface area contributed by atoms with Crippen molar-refractivity contribution in [2.24, 2.45) is 0 Å². The van der Waals surface area contributed by atoms with Gasteiger partial charge in [0.25, 0.3) is 0 Å². The summed E-state index contributed by atoms with van der Waals surface area (Å²) in [6, 6.07) is 11.0. The lowest BCUT2D eigenvalue weighted by atomic mass is 10.1. The summed E-state index contributed by atoms with van der Waals surface area (Å²) in [5.74, 6) is 0. The molecular formula is C16H20N2O. The van der Waals surface area contributed by atoms with Gasteiger partial charge in [-0.05, 0) is 49.9 Å². The van der Waals surface area contributed by atoms with E-state index in [0.29, 0.717) is 6.04 Å². The van der Waals surface area contributed by atoms with Crippen molar-refractivity contribution in [3.63, 3.8) is 0 Å². The van der Waals surface area contributed by atoms with Crippen molar-refractivity contribution in [1.29, 1.82) is 0 Å². The van der Waals surface area contributed by atoms with E-state index in [1.807, 2.05) is 13.0 Å². The van der Waals surface area contributed by atoms with Crippen LogP contribution in [-0.2, 0) is 6.54 Å². The Morgan fingerprint density at radius 2 is 2.16 bits per heavy atom. The maximum Gasteiger partial charge on any atom is 0.0705 e. The molecule has 0 amide bonds. The van der Waals surface area contributed by atoms with Gasteiger partial charge in [-0.3, -0.25) is 4.98 Å². The lowest BCUT2D eigenvalue weighted by Gasteiger charge is -2.12. The van der Waals surface area contributed by atoms with Crippen LogP contribution in [0.5, 0.6) is 0 Å². The number of aryl methyl sites for hydroxylation is 1. The van der Waals surface area contributed by atoms with E-state index in [-0.39, 0.29) is 6.10 Å². The maximum atomic E-state index is 9.52. The molecule has 1 aromatic heterocycles. The van der Waals surface area contributed by atoms with Crippen LogP contribution in [0.1, 0.15) is 30.5 Å². The fourth-order valence-electron chi connectivity index (χ4n) is 2.79. The summed E-state index contributed by atoms with van der Waals surface area (Å²) < 4.78 is 0. The number of pyridine rings is 1. The minimum Gasteiger partial charge on any atom is -0.393 e. The zero-order valence-electron chi connectivity index (χ0n) is 11.3. The average molecular weight is 256 g/mol. The molecule has 19 heavy (non-hydrogen) atoms. The molecule has 0 bridgehead atoms. The highest BCUT2D eigenvalue weighted by atomic mass is 16.3. The van der Waals surface area contributed by atoms with Crippen molar-refractivity contribution >= 4 is 10.9 Å². The summed E-state index contributed by atoms with van der Waals surface area (Å²) in [4.78, 5) is 4.51. The van der Waals surface area contributed by atoms with Gasteiger partial charge in [-0.2, -0.15) is 0 Å². The number of nitrogens with one attached hydrogen (secondary N) is 1. The third-order valence-electron chi connectivity index (χ3n) is 3.89. The summed E-state index contributed by atoms with van der Waals surface area (Å²) in [7, 11) is 0. The van der Waals surface area contributed by atoms with E-state index in [4.69, 9.17) is 0 Å². The van der Waals surface area contributed by atoms with E-state index in [1.54, 1.807) is 0 Å². The van der Waals surface area contributed by atoms with Crippen LogP contribution in [0.2, 0.25) is 0 Å². The Morgan fingerprint density at radius 3 is 2.95 bits per heavy atom. The van der Waals surface area contributed by atoms with Crippen LogP contribution in [0.3, 0.4) is 0 Å². The van der Waals surface area contributed by atoms with Gasteiger partial charge in [0, 0.05) is 23.7 Å². The Bertz CT molecular complexity index is 582. The van der Waals surface area contributed by atoms with Gasteiger partial charge in [-0.25, -0.2) is 0 Å². The summed E-state index contributed by atoms with van der Waals surface area (Å²) in [5, 5.41) is 14.2. The van der Waals surface area contributed by atoms with Crippen molar-refractivity contribution in [2.75, 3.05) is 0 Å². The fourth-order valence-corrected chi connectivity index (χ4v) is 2.79. The zero-order chi connectivity index (χ0) is 13.2. The lowest BCUT2D eigenvalue weighted by Crippen LogP contribution is -2.26. The Morgan fingerprint density at radius 1 is 1.26 bits per heavy atom. The molecule has 1 fully saturated rings. The number of hydrogen-bond donors (Lipinski definition) is 2. The smallest absolute Gasteiger partial charge is 0.0705 e. The minimum absolute atomic E-state index is 0.110. The van der Waals surface area contributed by atoms with Gasteiger partial charge in [0.1, 0.15) is 0 Å². The Kier molecular flexibility index (Phi) is 3.49. The quantitative estimate of drug-likeness (QED) is 0.887. The zero-order valence-corrected chi connectivity index (χ0v) is 11.3. The number of fused-ring (bicyclic) bond motifs is 1. The van der Waals surface area contributed by atoms with Gasteiger partial charge in [-0.15, -0.1) is 0 Å². The van der Waals surface area contributed by atoms with Crippen LogP contribution in [0, 0.1) is 6.92 Å². The second-order valence-corrected chi connectivity index (χ2v) is 5.52. The molecular weight excluding hydrogens is 236 g/mol. The molecule has 3 nitrogen and oxygen atoms in total. The molecule has 0 saturated heterocycles. The van der Waals surface area contributed by atoms with E-state index in [2.05, 4.69) is 34.6 Å². The molecule has 1 aromatic carbocycles. The number of aliphatic hydroxyl groups is 1. The SMILES string of the molecule is Cc1ccc2cc(CN[C@H]3CC[C@@H](O)C3)ccc2n1. The first-order valence-electron chi connectivity index (χ1n) is 6.98. The van der Waals surface area contributed by atoms with Crippen LogP contribution in [0.4, 0.5) is 0 Å². The summed E-state index contributed by atoms with van der Waals surface area (Å²) in [5.41, 5.74) is 3.39. The highest BCUT2D eigenvalue weighted by Gasteiger charge is 2.21. The van der Waals surface area contributed by atoms with Gasteiger partial charge in [-0.1, -0.05) is 12.1 Å². The molecule has 1 aliphatic rings. The van der Waals surface area contributed by atoms with Crippen LogP contribution >= 0.6 is 0 Å². The Balaban J connectivity index is 1.69. The van der Waals surface area contributed by atoms with Crippen LogP contribution < -0.4 is 5.32 Å². The molecule has 3 rings (SSSR count). The van der Waals surface area contributed by atoms with Gasteiger partial charge in [0.15, 0.2) is 0 Å². The molecule has 0 aliphatic heterocycles. The number of nitrogens with zero attached hydrogens (tertiary/aromatic N) is 1. The molecule has 0 unspecified atom stereocenters. The predicted molar refractivity (Wildman–Crippen MR) is 77.0 cm³/mol. The average Bonchev–Trinajstić information content (AvgIpc) is 2.82. The second-order valence-electron chi connectivity index (χ2n) is 5.52. The summed E-state index contributed by atoms with van der Waals surface area (Å²) >= 11 is 0. The highest BCUT2D eigenvalue weighted by Crippen LogP contribution is 2.20. The monoisotopic (exact) mass is 256 g/mol. The minimum atomic E-state index is -0.110. The van der Waals surface area contributed by atoms with E-state index in [0.717, 1.165) is 37.0 Å². The number of benzene rings is 1. The first-order chi connectivity index (χ1) is 9.20. The first-order valence-corrected chi connectivity index (χ1v) is 6.98. The molecule has 2 N–H and O–H groups in total. The summed E-state index contributed by atoms with van der Waals surface area (Å²) in [6.07, 6.45) is 2.78. The lowest BCUT2D eigenvalue weighted by molar-refractivity contribution is 0.179. The van der Waals surface area contributed by atoms with Gasteiger partial charge >= 0.3 is 0 Å². The Labute approximate surface area is 113 Å². The summed E-state index contributed by atoms with van der Waals surface area (Å²) in [6.45, 7) is 2.88. The molecule has 1 aliphatic carbocycles. The van der Waals surface area contributed by atoms with Crippen molar-refractivity contribution in [2.45, 2.75) is 44.9 Å². The molecule has 1 saturated carbocycles. The molecule has 0 radical (unpaired) electrons. The third-order valence-corrected chi connectivity index (χ3v) is 3.89. The normalized spacial score (nSPS) is 23.1. The van der Waals surface area contributed by atoms with Gasteiger partial charge in [0.05, 0.1) is 11.6 Å². The fraction of sp³-hybridized carbons (Fsp3) is 0.438. The molecule has 2 aromatic rings. The van der Waals surface area contributed by atoms with Gasteiger partial charge in [0.2, 0.25) is 0 Å². The van der Waals surface area contributed by atoms with E-state index in [9.17, 15) is 5.11 Å². The number of hydrogen-bond acceptors (Lipinski definition) is 3. The van der Waals surface area contributed by atoms with Crippen molar-refractivity contribution in [3.05, 3.63) is 41.6 Å². The van der Waals surface area contributed by atoms with Crippen molar-refractivity contribution in [1.82, 2.24) is 10.3 Å². The first kappa shape index (κ1) is 12.6. The molecule has 0 spiro atoms. The van der Waals surface area contributed by atoms with Crippen LogP contribution in [0.15, 0.2) is 30.3 Å². The number of rotatable bonds is 3. The van der Waals surface area contributed by atoms with Crippen LogP contribution in [0.25, 0.3) is 10.9 Å². The third kappa shape index (κ3) is 2.94. The standard InChI is InChI=1S/C16H20N2O/c1-11-2-4-13-8-12(3-7-16(13)18-11)10-17-14-5-6-15(19)9-14/h2-4,7-8,14-15,17,19H,5-6,9-10H2,1H3/t14-,15+/m0/s1. The molecule has 2 atom stereocenters. The van der Waals surface area contributed by atoms with E-state index >= 15 is 0 Å². The van der Waals surface area contributed by atoms with E-state index in [1.165, 1.54) is 10.9 Å². The van der Waals surface area contributed by atoms with Crippen molar-refractivity contribution in [3.8, 4) is 0 Å². The van der Waals surface area contributed by atoms with Gasteiger partial charge < -0.3 is 10.4 Å². The second kappa shape index (κ2) is 5.27. The molecule has 3 heteroatoms. The molecule has 1 heterocycles. The maximum absolute atomic E-state index is 9.52. The van der Waals surface area contributed by atoms with E-state index < -0.39 is 0 Å². The van der Waals surface area contributed by atoms with Crippen LogP contribution in [-0.4, -0.2) is 22.2 Å². The highest BCUT2D eigenvalue weighted by molar-refractivity contribution is 5.79. The largest absolute Gasteiger partial charge is 0.393 e. The van der Waals surface area contributed by atoms with Crippen molar-refractivity contribution < 1.29 is 5.11 Å². The topological polar surface area (TPSA) is 45.1 Å².